The topological polar surface area (TPSA) is 269 Å². The molecule has 0 radical (unpaired) electrons. The third-order valence-corrected chi connectivity index (χ3v) is 0. The monoisotopic (exact) mass is 367 g/mol. The molecule has 0 aliphatic rings. The molecule has 0 rings (SSSR count). The molecule has 0 aromatic carbocycles. The van der Waals surface area contributed by atoms with Crippen LogP contribution in [0, 0.1) is 0 Å². The smallest absolute Gasteiger partial charge is 0.726 e. The normalized spacial score (nSPS) is 10.2. The molecule has 0 bridgehead atoms. The molecule has 7 N–H and O–H groups in total. The first-order valence-electron chi connectivity index (χ1n) is 2.05. The van der Waals surface area contributed by atoms with Gasteiger partial charge in [-0.25, -0.2) is 25.3 Å². The molecule has 0 aliphatic heterocycles. The Morgan fingerprint density at radius 2 is 0.588 bits per heavy atom. The predicted octanol–water partition coefficient (Wildman–Crippen LogP) is -2.61. The van der Waals surface area contributed by atoms with Crippen molar-refractivity contribution in [3.63, 3.8) is 0 Å². The molecule has 0 saturated heterocycles. The average molecular weight is 368 g/mol. The Kier molecular flexibility index (Phi) is 19.9. The van der Waals surface area contributed by atoms with Gasteiger partial charge in [-0.2, -0.15) is 0 Å². The molecule has 0 spiro atoms. The molecule has 0 heterocycles. The van der Waals surface area contributed by atoms with Gasteiger partial charge in [-0.15, -0.1) is 0 Å². The molecule has 0 saturated carbocycles. The van der Waals surface area contributed by atoms with Crippen LogP contribution in [0.5, 0.6) is 0 Å². The maximum absolute atomic E-state index is 8.63. The summed E-state index contributed by atoms with van der Waals surface area (Å²) in [4.78, 5) is 0. The summed E-state index contributed by atoms with van der Waals surface area (Å²) >= 11 is 0. The summed E-state index contributed by atoms with van der Waals surface area (Å²) in [5.74, 6) is 0. The van der Waals surface area contributed by atoms with E-state index < -0.39 is 31.2 Å². The van der Waals surface area contributed by atoms with Crippen LogP contribution in [-0.4, -0.2) is 52.6 Å². The van der Waals surface area contributed by atoms with Crippen molar-refractivity contribution in [2.24, 2.45) is 0 Å². The van der Waals surface area contributed by atoms with Crippen LogP contribution in [0.2, 0.25) is 0 Å². The number of rotatable bonds is 0. The van der Waals surface area contributed by atoms with E-state index in [1.54, 1.807) is 0 Å². The van der Waals surface area contributed by atoms with Crippen molar-refractivity contribution >= 4 is 31.2 Å². The first-order chi connectivity index (χ1) is 6.00. The van der Waals surface area contributed by atoms with Gasteiger partial charge in [-0.05, 0) is 0 Å². The van der Waals surface area contributed by atoms with E-state index in [2.05, 4.69) is 0 Å². The fourth-order valence-corrected chi connectivity index (χ4v) is 0. The summed E-state index contributed by atoms with van der Waals surface area (Å²) in [7, 11) is -14.7. The first kappa shape index (κ1) is 30.3. The van der Waals surface area contributed by atoms with Crippen LogP contribution in [0.15, 0.2) is 0 Å². The molecule has 0 fully saturated rings. The van der Waals surface area contributed by atoms with Gasteiger partial charge >= 0.3 is 16.5 Å². The SMILES string of the molecule is O=S(=O)([O-])O.O=S(=O)([O-])O.O=S(=O)([O-])O.[NH4+].[Ni+2]. The Bertz CT molecular complexity index is 343. The fourth-order valence-electron chi connectivity index (χ4n) is 0. The van der Waals surface area contributed by atoms with Crippen LogP contribution < -0.4 is 6.15 Å². The Morgan fingerprint density at radius 3 is 0.588 bits per heavy atom. The number of quaternary nitrogens is 1. The van der Waals surface area contributed by atoms with E-state index in [0.717, 1.165) is 0 Å². The molecule has 0 unspecified atom stereocenters. The minimum Gasteiger partial charge on any atom is -0.726 e. The van der Waals surface area contributed by atoms with Crippen molar-refractivity contribution in [1.82, 2.24) is 6.15 Å². The third-order valence-electron chi connectivity index (χ3n) is 0. The number of hydrogen-bond donors (Lipinski definition) is 4. The van der Waals surface area contributed by atoms with Crippen molar-refractivity contribution in [3.8, 4) is 0 Å². The van der Waals surface area contributed by atoms with Crippen LogP contribution in [0.4, 0.5) is 0 Å². The van der Waals surface area contributed by atoms with Crippen LogP contribution in [0.3, 0.4) is 0 Å². The van der Waals surface area contributed by atoms with E-state index in [0.29, 0.717) is 0 Å². The van der Waals surface area contributed by atoms with Gasteiger partial charge in [0.2, 0.25) is 31.2 Å². The van der Waals surface area contributed by atoms with Gasteiger partial charge in [-0.3, -0.25) is 13.7 Å². The van der Waals surface area contributed by atoms with Crippen LogP contribution in [0.25, 0.3) is 0 Å². The van der Waals surface area contributed by atoms with Gasteiger partial charge in [0.1, 0.15) is 0 Å². The van der Waals surface area contributed by atoms with Gasteiger partial charge in [-0.1, -0.05) is 0 Å². The van der Waals surface area contributed by atoms with Gasteiger partial charge in [0.15, 0.2) is 0 Å². The Balaban J connectivity index is -0.0000000400. The molecular formula is H7NNiO12S3. The van der Waals surface area contributed by atoms with Crippen molar-refractivity contribution in [3.05, 3.63) is 0 Å². The van der Waals surface area contributed by atoms with Crippen molar-refractivity contribution in [1.29, 1.82) is 0 Å². The van der Waals surface area contributed by atoms with Gasteiger partial charge < -0.3 is 19.8 Å². The number of hydrogen-bond acceptors (Lipinski definition) is 9. The second-order valence-electron chi connectivity index (χ2n) is 1.28. The average Bonchev–Trinajstić information content (AvgIpc) is 1.41. The van der Waals surface area contributed by atoms with Gasteiger partial charge in [0.25, 0.3) is 0 Å². The van der Waals surface area contributed by atoms with Crippen molar-refractivity contribution in [2.75, 3.05) is 0 Å². The van der Waals surface area contributed by atoms with Crippen LogP contribution in [-0.2, 0) is 47.7 Å². The standard InChI is InChI=1S/H3N.Ni.3H2O4S/c;;3*1-5(2,3)4/h1H3;;3*(H2,1,2,3,4)/q;+2;;;/p-2. The quantitative estimate of drug-likeness (QED) is 0.194. The maximum Gasteiger partial charge on any atom is 2.00 e. The predicted molar refractivity (Wildman–Crippen MR) is 43.0 cm³/mol. The minimum atomic E-state index is -4.92. The largest absolute Gasteiger partial charge is 2.00 e. The second kappa shape index (κ2) is 11.2. The summed E-state index contributed by atoms with van der Waals surface area (Å²) in [5.41, 5.74) is 0. The van der Waals surface area contributed by atoms with Crippen molar-refractivity contribution in [2.45, 2.75) is 0 Å². The second-order valence-corrected chi connectivity index (χ2v) is 3.85. The van der Waals surface area contributed by atoms with E-state index in [-0.39, 0.29) is 22.6 Å². The molecule has 0 aliphatic carbocycles. The van der Waals surface area contributed by atoms with E-state index in [1.165, 1.54) is 0 Å². The fraction of sp³-hybridized carbons (Fsp3) is 0. The summed E-state index contributed by atoms with van der Waals surface area (Å²) in [6.45, 7) is 0. The Morgan fingerprint density at radius 1 is 0.588 bits per heavy atom. The molecule has 17 heteroatoms. The van der Waals surface area contributed by atoms with E-state index in [9.17, 15) is 0 Å². The molecule has 13 nitrogen and oxygen atoms in total. The minimum absolute atomic E-state index is 0. The molecule has 0 atom stereocenters. The van der Waals surface area contributed by atoms with Gasteiger partial charge in [0, 0.05) is 0 Å². The molecule has 17 heavy (non-hydrogen) atoms. The molecular weight excluding hydrogens is 361 g/mol. The summed E-state index contributed by atoms with van der Waals surface area (Å²) < 4.78 is 98.5. The summed E-state index contributed by atoms with van der Waals surface area (Å²) in [6.07, 6.45) is 0. The van der Waals surface area contributed by atoms with Gasteiger partial charge in [0.05, 0.1) is 0 Å². The van der Waals surface area contributed by atoms with E-state index >= 15 is 0 Å². The van der Waals surface area contributed by atoms with Crippen LogP contribution >= 0.6 is 0 Å². The van der Waals surface area contributed by atoms with E-state index in [4.69, 9.17) is 52.6 Å². The molecule has 0 aromatic rings. The third kappa shape index (κ3) is 788000. The molecule has 0 amide bonds. The Labute approximate surface area is 106 Å². The van der Waals surface area contributed by atoms with Crippen molar-refractivity contribution < 1.29 is 69.1 Å². The zero-order valence-electron chi connectivity index (χ0n) is 7.56. The summed E-state index contributed by atoms with van der Waals surface area (Å²) in [6, 6.07) is 0. The zero-order chi connectivity index (χ0) is 13.5. The molecule has 112 valence electrons. The van der Waals surface area contributed by atoms with E-state index in [1.807, 2.05) is 0 Å². The van der Waals surface area contributed by atoms with Crippen LogP contribution in [0.1, 0.15) is 0 Å². The zero-order valence-corrected chi connectivity index (χ0v) is 11.0. The Hall–Kier alpha value is 0.0635. The molecule has 0 aromatic heterocycles. The first-order valence-corrected chi connectivity index (χ1v) is 6.14. The maximum atomic E-state index is 8.63. The summed E-state index contributed by atoms with van der Waals surface area (Å²) in [5, 5.41) is 0.